The summed E-state index contributed by atoms with van der Waals surface area (Å²) in [5.41, 5.74) is 0.668. The number of aliphatic hydroxyl groups excluding tert-OH is 4. The minimum Gasteiger partial charge on any atom is -0.394 e. The van der Waals surface area contributed by atoms with Gasteiger partial charge in [0.1, 0.15) is 30.5 Å². The highest BCUT2D eigenvalue weighted by Gasteiger charge is 2.43. The van der Waals surface area contributed by atoms with Crippen LogP contribution < -0.4 is 0 Å². The first-order valence-corrected chi connectivity index (χ1v) is 6.40. The first-order valence-electron chi connectivity index (χ1n) is 5.60. The van der Waals surface area contributed by atoms with Gasteiger partial charge in [-0.15, -0.1) is 0 Å². The van der Waals surface area contributed by atoms with Gasteiger partial charge < -0.3 is 25.2 Å². The summed E-state index contributed by atoms with van der Waals surface area (Å²) in [7, 11) is 0. The summed E-state index contributed by atoms with van der Waals surface area (Å²) in [5, 5.41) is 38.4. The molecule has 1 fully saturated rings. The van der Waals surface area contributed by atoms with E-state index in [-0.39, 0.29) is 0 Å². The van der Waals surface area contributed by atoms with Gasteiger partial charge in [-0.05, 0) is 17.7 Å². The van der Waals surface area contributed by atoms with E-state index in [1.807, 2.05) is 6.07 Å². The molecule has 0 aliphatic carbocycles. The molecule has 0 amide bonds. The largest absolute Gasteiger partial charge is 0.394 e. The Labute approximate surface area is 113 Å². The zero-order chi connectivity index (χ0) is 13.3. The fourth-order valence-electron chi connectivity index (χ4n) is 2.06. The highest BCUT2D eigenvalue weighted by molar-refractivity contribution is 9.10. The molecule has 4 N–H and O–H groups in total. The number of hydrogen-bond acceptors (Lipinski definition) is 5. The SMILES string of the molecule is OC[C@H]1OC(c2cccc(Br)c2)[C@@H](O)[C@@H](O)[C@@H]1O. The summed E-state index contributed by atoms with van der Waals surface area (Å²) in [6.07, 6.45) is -5.57. The molecule has 2 rings (SSSR count). The number of hydrogen-bond donors (Lipinski definition) is 4. The average molecular weight is 319 g/mol. The van der Waals surface area contributed by atoms with Gasteiger partial charge >= 0.3 is 0 Å². The van der Waals surface area contributed by atoms with Gasteiger partial charge in [-0.3, -0.25) is 0 Å². The second kappa shape index (κ2) is 5.64. The smallest absolute Gasteiger partial charge is 0.113 e. The molecule has 0 radical (unpaired) electrons. The third-order valence-corrected chi connectivity index (χ3v) is 3.56. The number of aliphatic hydroxyl groups is 4. The van der Waals surface area contributed by atoms with Gasteiger partial charge in [0.25, 0.3) is 0 Å². The topological polar surface area (TPSA) is 90.2 Å². The monoisotopic (exact) mass is 318 g/mol. The van der Waals surface area contributed by atoms with Gasteiger partial charge in [0.15, 0.2) is 0 Å². The third-order valence-electron chi connectivity index (χ3n) is 3.07. The van der Waals surface area contributed by atoms with Crippen LogP contribution in [0.5, 0.6) is 0 Å². The normalized spacial score (nSPS) is 36.6. The predicted molar refractivity (Wildman–Crippen MR) is 66.9 cm³/mol. The number of halogens is 1. The highest BCUT2D eigenvalue weighted by atomic mass is 79.9. The van der Waals surface area contributed by atoms with Crippen LogP contribution in [0, 0.1) is 0 Å². The summed E-state index contributed by atoms with van der Waals surface area (Å²) >= 11 is 3.31. The molecule has 6 heteroatoms. The van der Waals surface area contributed by atoms with E-state index < -0.39 is 37.1 Å². The Morgan fingerprint density at radius 1 is 1.11 bits per heavy atom. The Morgan fingerprint density at radius 2 is 1.83 bits per heavy atom. The van der Waals surface area contributed by atoms with Crippen molar-refractivity contribution in [1.29, 1.82) is 0 Å². The fourth-order valence-corrected chi connectivity index (χ4v) is 2.48. The van der Waals surface area contributed by atoms with E-state index >= 15 is 0 Å². The molecule has 0 saturated carbocycles. The van der Waals surface area contributed by atoms with Gasteiger partial charge in [0.05, 0.1) is 6.61 Å². The molecule has 1 aromatic rings. The van der Waals surface area contributed by atoms with E-state index in [4.69, 9.17) is 9.84 Å². The van der Waals surface area contributed by atoms with Gasteiger partial charge in [-0.1, -0.05) is 28.1 Å². The van der Waals surface area contributed by atoms with E-state index in [1.165, 1.54) is 0 Å². The fraction of sp³-hybridized carbons (Fsp3) is 0.500. The van der Waals surface area contributed by atoms with Crippen LogP contribution in [0.4, 0.5) is 0 Å². The summed E-state index contributed by atoms with van der Waals surface area (Å²) in [5.74, 6) is 0. The number of rotatable bonds is 2. The van der Waals surface area contributed by atoms with Gasteiger partial charge in [0, 0.05) is 4.47 Å². The second-order valence-electron chi connectivity index (χ2n) is 4.30. The Balaban J connectivity index is 2.27. The maximum Gasteiger partial charge on any atom is 0.113 e. The molecule has 0 bridgehead atoms. The van der Waals surface area contributed by atoms with Crippen molar-refractivity contribution in [3.8, 4) is 0 Å². The lowest BCUT2D eigenvalue weighted by Crippen LogP contribution is -2.55. The van der Waals surface area contributed by atoms with E-state index in [0.717, 1.165) is 4.47 Å². The Bertz CT molecular complexity index is 411. The molecule has 1 aliphatic rings. The van der Waals surface area contributed by atoms with Gasteiger partial charge in [0.2, 0.25) is 0 Å². The lowest BCUT2D eigenvalue weighted by atomic mass is 9.91. The van der Waals surface area contributed by atoms with Crippen LogP contribution in [0.15, 0.2) is 28.7 Å². The van der Waals surface area contributed by atoms with Gasteiger partial charge in [-0.25, -0.2) is 0 Å². The van der Waals surface area contributed by atoms with Crippen molar-refractivity contribution in [3.63, 3.8) is 0 Å². The molecule has 100 valence electrons. The third kappa shape index (κ3) is 2.59. The van der Waals surface area contributed by atoms with Crippen molar-refractivity contribution in [2.45, 2.75) is 30.5 Å². The van der Waals surface area contributed by atoms with Crippen LogP contribution in [-0.4, -0.2) is 51.4 Å². The Morgan fingerprint density at radius 3 is 2.44 bits per heavy atom. The maximum atomic E-state index is 9.93. The first kappa shape index (κ1) is 13.9. The molecule has 5 atom stereocenters. The summed E-state index contributed by atoms with van der Waals surface area (Å²) < 4.78 is 6.26. The van der Waals surface area contributed by atoms with Crippen LogP contribution >= 0.6 is 15.9 Å². The van der Waals surface area contributed by atoms with Crippen LogP contribution in [0.2, 0.25) is 0 Å². The molecule has 0 spiro atoms. The standard InChI is InChI=1S/C12H15BrO5/c13-7-3-1-2-6(4-7)12-11(17)10(16)9(15)8(5-14)18-12/h1-4,8-12,14-17H,5H2/t8-,9-,10+,11+,12?/m1/s1. The zero-order valence-electron chi connectivity index (χ0n) is 9.48. The van der Waals surface area contributed by atoms with Gasteiger partial charge in [-0.2, -0.15) is 0 Å². The summed E-state index contributed by atoms with van der Waals surface area (Å²) in [4.78, 5) is 0. The summed E-state index contributed by atoms with van der Waals surface area (Å²) in [6, 6.07) is 7.11. The quantitative estimate of drug-likeness (QED) is 0.614. The molecule has 1 heterocycles. The summed E-state index contributed by atoms with van der Waals surface area (Å²) in [6.45, 7) is -0.421. The van der Waals surface area contributed by atoms with Crippen LogP contribution in [0.1, 0.15) is 11.7 Å². The van der Waals surface area contributed by atoms with Crippen LogP contribution in [-0.2, 0) is 4.74 Å². The molecular weight excluding hydrogens is 304 g/mol. The molecule has 18 heavy (non-hydrogen) atoms. The molecule has 0 aromatic heterocycles. The number of ether oxygens (including phenoxy) is 1. The van der Waals surface area contributed by atoms with Crippen LogP contribution in [0.25, 0.3) is 0 Å². The maximum absolute atomic E-state index is 9.93. The molecule has 1 aliphatic heterocycles. The average Bonchev–Trinajstić information content (AvgIpc) is 2.36. The Hall–Kier alpha value is -0.500. The molecular formula is C12H15BrO5. The minimum absolute atomic E-state index is 0.421. The second-order valence-corrected chi connectivity index (χ2v) is 5.22. The lowest BCUT2D eigenvalue weighted by molar-refractivity contribution is -0.231. The zero-order valence-corrected chi connectivity index (χ0v) is 11.1. The first-order chi connectivity index (χ1) is 8.54. The molecule has 1 saturated heterocycles. The number of benzene rings is 1. The highest BCUT2D eigenvalue weighted by Crippen LogP contribution is 2.33. The van der Waals surface area contributed by atoms with Crippen molar-refractivity contribution in [3.05, 3.63) is 34.3 Å². The minimum atomic E-state index is -1.35. The van der Waals surface area contributed by atoms with Crippen molar-refractivity contribution in [1.82, 2.24) is 0 Å². The van der Waals surface area contributed by atoms with E-state index in [2.05, 4.69) is 15.9 Å². The van der Waals surface area contributed by atoms with Crippen molar-refractivity contribution in [2.24, 2.45) is 0 Å². The Kier molecular flexibility index (Phi) is 4.37. The lowest BCUT2D eigenvalue weighted by Gasteiger charge is -2.40. The molecule has 1 unspecified atom stereocenters. The van der Waals surface area contributed by atoms with E-state index in [1.54, 1.807) is 18.2 Å². The van der Waals surface area contributed by atoms with Crippen molar-refractivity contribution < 1.29 is 25.2 Å². The van der Waals surface area contributed by atoms with E-state index in [9.17, 15) is 15.3 Å². The van der Waals surface area contributed by atoms with Crippen molar-refractivity contribution >= 4 is 15.9 Å². The van der Waals surface area contributed by atoms with E-state index in [0.29, 0.717) is 5.56 Å². The predicted octanol–water partition coefficient (Wildman–Crippen LogP) is -0.0360. The van der Waals surface area contributed by atoms with Crippen molar-refractivity contribution in [2.75, 3.05) is 6.61 Å². The van der Waals surface area contributed by atoms with Crippen LogP contribution in [0.3, 0.4) is 0 Å². The molecule has 5 nitrogen and oxygen atoms in total. The molecule has 1 aromatic carbocycles.